The van der Waals surface area contributed by atoms with Crippen LogP contribution in [0.3, 0.4) is 0 Å². The number of fused-ring (bicyclic) bond motifs is 2. The second-order valence-corrected chi connectivity index (χ2v) is 8.35. The minimum Gasteiger partial charge on any atom is -0.458 e. The van der Waals surface area contributed by atoms with Gasteiger partial charge in [0, 0.05) is 11.5 Å². The van der Waals surface area contributed by atoms with Crippen molar-refractivity contribution in [2.24, 2.45) is 17.8 Å². The molecule has 0 aromatic rings. The summed E-state index contributed by atoms with van der Waals surface area (Å²) in [5.74, 6) is 1.58. The Bertz CT molecular complexity index is 584. The Morgan fingerprint density at radius 3 is 2.83 bits per heavy atom. The van der Waals surface area contributed by atoms with E-state index in [2.05, 4.69) is 26.8 Å². The molecule has 3 nitrogen and oxygen atoms in total. The van der Waals surface area contributed by atoms with Crippen molar-refractivity contribution < 1.29 is 14.3 Å². The Morgan fingerprint density at radius 1 is 1.30 bits per heavy atom. The van der Waals surface area contributed by atoms with E-state index in [1.54, 1.807) is 0 Å². The van der Waals surface area contributed by atoms with Gasteiger partial charge in [-0.05, 0) is 76.7 Å². The molecule has 2 aliphatic carbocycles. The predicted molar refractivity (Wildman–Crippen MR) is 88.9 cm³/mol. The maximum atomic E-state index is 12.3. The standard InChI is InChI=1S/C20H28O3/c1-12(7-10-16-20(2,3)23-16)15-9-8-13-5-4-6-14-11-22-19(21)18(14)17(13)15/h7,13,15-17H,4-6,8-11H2,1-3H3/b12-7-. The first-order chi connectivity index (χ1) is 11.0. The van der Waals surface area contributed by atoms with Gasteiger partial charge >= 0.3 is 5.97 Å². The van der Waals surface area contributed by atoms with E-state index in [-0.39, 0.29) is 11.6 Å². The highest BCUT2D eigenvalue weighted by Crippen LogP contribution is 2.51. The van der Waals surface area contributed by atoms with Crippen LogP contribution < -0.4 is 0 Å². The summed E-state index contributed by atoms with van der Waals surface area (Å²) in [5.41, 5.74) is 3.87. The molecule has 3 heteroatoms. The molecule has 1 saturated carbocycles. The molecule has 0 aromatic carbocycles. The number of hydrogen-bond donors (Lipinski definition) is 0. The van der Waals surface area contributed by atoms with E-state index in [1.165, 1.54) is 36.8 Å². The second kappa shape index (κ2) is 5.47. The van der Waals surface area contributed by atoms with Gasteiger partial charge in [-0.1, -0.05) is 11.6 Å². The van der Waals surface area contributed by atoms with E-state index in [9.17, 15) is 4.79 Å². The zero-order valence-electron chi connectivity index (χ0n) is 14.6. The van der Waals surface area contributed by atoms with Crippen LogP contribution in [0.25, 0.3) is 0 Å². The van der Waals surface area contributed by atoms with Crippen molar-refractivity contribution >= 4 is 5.97 Å². The summed E-state index contributed by atoms with van der Waals surface area (Å²) in [7, 11) is 0. The Labute approximate surface area is 139 Å². The van der Waals surface area contributed by atoms with E-state index in [0.29, 0.717) is 30.5 Å². The number of allylic oxidation sites excluding steroid dienone is 1. The van der Waals surface area contributed by atoms with Gasteiger partial charge in [0.2, 0.25) is 0 Å². The van der Waals surface area contributed by atoms with E-state index in [4.69, 9.17) is 9.47 Å². The minimum absolute atomic E-state index is 0.0248. The molecule has 4 aliphatic rings. The molecule has 0 N–H and O–H groups in total. The van der Waals surface area contributed by atoms with E-state index in [0.717, 1.165) is 18.4 Å². The van der Waals surface area contributed by atoms with Gasteiger partial charge in [-0.25, -0.2) is 4.79 Å². The molecule has 4 unspecified atom stereocenters. The zero-order valence-corrected chi connectivity index (χ0v) is 14.6. The van der Waals surface area contributed by atoms with Crippen LogP contribution in [-0.2, 0) is 14.3 Å². The van der Waals surface area contributed by atoms with Gasteiger partial charge in [0.15, 0.2) is 0 Å². The van der Waals surface area contributed by atoms with Crippen LogP contribution in [0.1, 0.15) is 59.3 Å². The number of epoxide rings is 1. The highest BCUT2D eigenvalue weighted by Gasteiger charge is 2.48. The largest absolute Gasteiger partial charge is 0.458 e. The second-order valence-electron chi connectivity index (χ2n) is 8.35. The smallest absolute Gasteiger partial charge is 0.334 e. The van der Waals surface area contributed by atoms with E-state index in [1.807, 2.05) is 0 Å². The summed E-state index contributed by atoms with van der Waals surface area (Å²) in [6.45, 7) is 7.12. The lowest BCUT2D eigenvalue weighted by atomic mass is 9.78. The summed E-state index contributed by atoms with van der Waals surface area (Å²) in [6, 6.07) is 0. The number of esters is 1. The maximum Gasteiger partial charge on any atom is 0.334 e. The molecule has 0 amide bonds. The molecular formula is C20H28O3. The van der Waals surface area contributed by atoms with Crippen LogP contribution in [0.5, 0.6) is 0 Å². The van der Waals surface area contributed by atoms with Crippen molar-refractivity contribution in [1.29, 1.82) is 0 Å². The Kier molecular flexibility index (Phi) is 3.67. The van der Waals surface area contributed by atoms with Gasteiger partial charge in [0.05, 0.1) is 11.7 Å². The molecule has 2 fully saturated rings. The van der Waals surface area contributed by atoms with E-state index >= 15 is 0 Å². The molecule has 2 heterocycles. The van der Waals surface area contributed by atoms with Gasteiger partial charge in [0.25, 0.3) is 0 Å². The number of carbonyl (C=O) groups excluding carboxylic acids is 1. The van der Waals surface area contributed by atoms with Gasteiger partial charge < -0.3 is 9.47 Å². The molecule has 126 valence electrons. The highest BCUT2D eigenvalue weighted by atomic mass is 16.6. The van der Waals surface area contributed by atoms with Crippen LogP contribution in [0.4, 0.5) is 0 Å². The quantitative estimate of drug-likeness (QED) is 0.445. The lowest BCUT2D eigenvalue weighted by Crippen LogP contribution is -2.22. The Balaban J connectivity index is 1.56. The first kappa shape index (κ1) is 15.4. The fraction of sp³-hybridized carbons (Fsp3) is 0.750. The topological polar surface area (TPSA) is 38.8 Å². The lowest BCUT2D eigenvalue weighted by Gasteiger charge is -2.25. The normalized spacial score (nSPS) is 38.9. The van der Waals surface area contributed by atoms with Crippen molar-refractivity contribution in [2.75, 3.05) is 6.61 Å². The van der Waals surface area contributed by atoms with Crippen molar-refractivity contribution in [2.45, 2.75) is 71.0 Å². The van der Waals surface area contributed by atoms with Crippen LogP contribution in [0, 0.1) is 17.8 Å². The summed E-state index contributed by atoms with van der Waals surface area (Å²) in [4.78, 5) is 12.3. The predicted octanol–water partition coefficient (Wildman–Crippen LogP) is 4.18. The van der Waals surface area contributed by atoms with Crippen LogP contribution >= 0.6 is 0 Å². The van der Waals surface area contributed by atoms with Gasteiger partial charge in [-0.3, -0.25) is 0 Å². The third-order valence-electron chi connectivity index (χ3n) is 6.56. The molecule has 0 aromatic heterocycles. The third-order valence-corrected chi connectivity index (χ3v) is 6.56. The average Bonchev–Trinajstić information content (AvgIpc) is 2.79. The SMILES string of the molecule is C/C(=C/CC1OC1(C)C)C1CCC2CCCC3=C(C(=O)OC3)C21. The number of cyclic esters (lactones) is 1. The molecule has 0 bridgehead atoms. The van der Waals surface area contributed by atoms with Crippen LogP contribution in [0.2, 0.25) is 0 Å². The number of carbonyl (C=O) groups is 1. The molecule has 4 atom stereocenters. The minimum atomic E-state index is -0.0248. The zero-order chi connectivity index (χ0) is 16.2. The fourth-order valence-electron chi connectivity index (χ4n) is 5.07. The molecule has 4 rings (SSSR count). The Hall–Kier alpha value is -1.09. The summed E-state index contributed by atoms with van der Waals surface area (Å²) in [5, 5.41) is 0. The monoisotopic (exact) mass is 316 g/mol. The fourth-order valence-corrected chi connectivity index (χ4v) is 5.07. The summed E-state index contributed by atoms with van der Waals surface area (Å²) in [6.07, 6.45) is 9.78. The Morgan fingerprint density at radius 2 is 2.09 bits per heavy atom. The first-order valence-corrected chi connectivity index (χ1v) is 9.21. The molecule has 1 saturated heterocycles. The first-order valence-electron chi connectivity index (χ1n) is 9.21. The summed E-state index contributed by atoms with van der Waals surface area (Å²) >= 11 is 0. The highest BCUT2D eigenvalue weighted by molar-refractivity contribution is 5.92. The van der Waals surface area contributed by atoms with Crippen LogP contribution in [0.15, 0.2) is 22.8 Å². The molecular weight excluding hydrogens is 288 g/mol. The lowest BCUT2D eigenvalue weighted by molar-refractivity contribution is -0.136. The van der Waals surface area contributed by atoms with Crippen molar-refractivity contribution in [3.63, 3.8) is 0 Å². The van der Waals surface area contributed by atoms with Crippen LogP contribution in [-0.4, -0.2) is 24.3 Å². The third kappa shape index (κ3) is 2.67. The summed E-state index contributed by atoms with van der Waals surface area (Å²) < 4.78 is 11.1. The van der Waals surface area contributed by atoms with Crippen molar-refractivity contribution in [3.05, 3.63) is 22.8 Å². The van der Waals surface area contributed by atoms with E-state index < -0.39 is 0 Å². The molecule has 0 spiro atoms. The maximum absolute atomic E-state index is 12.3. The van der Waals surface area contributed by atoms with Crippen molar-refractivity contribution in [1.82, 2.24) is 0 Å². The van der Waals surface area contributed by atoms with Gasteiger partial charge in [-0.15, -0.1) is 0 Å². The molecule has 2 aliphatic heterocycles. The molecule has 23 heavy (non-hydrogen) atoms. The van der Waals surface area contributed by atoms with Gasteiger partial charge in [0.1, 0.15) is 6.61 Å². The number of rotatable bonds is 3. The number of hydrogen-bond acceptors (Lipinski definition) is 3. The molecule has 0 radical (unpaired) electrons. The number of ether oxygens (including phenoxy) is 2. The average molecular weight is 316 g/mol. The van der Waals surface area contributed by atoms with Gasteiger partial charge in [-0.2, -0.15) is 0 Å². The van der Waals surface area contributed by atoms with Crippen molar-refractivity contribution in [3.8, 4) is 0 Å².